The van der Waals surface area contributed by atoms with Gasteiger partial charge >= 0.3 is 0 Å². The van der Waals surface area contributed by atoms with Gasteiger partial charge in [0.2, 0.25) is 11.1 Å². The minimum atomic E-state index is -0.287. The molecule has 0 aliphatic heterocycles. The molecule has 0 aliphatic carbocycles. The molecule has 7 nitrogen and oxygen atoms in total. The molecule has 2 rings (SSSR count). The van der Waals surface area contributed by atoms with Crippen LogP contribution in [0.1, 0.15) is 0 Å². The normalized spacial score (nSPS) is 10.3. The number of carbonyl (C=O) groups excluding carboxylic acids is 1. The predicted molar refractivity (Wildman–Crippen MR) is 69.9 cm³/mol. The third-order valence-electron chi connectivity index (χ3n) is 2.01. The summed E-state index contributed by atoms with van der Waals surface area (Å²) in [5.74, 6) is 4.87. The molecule has 18 heavy (non-hydrogen) atoms. The summed E-state index contributed by atoms with van der Waals surface area (Å²) in [4.78, 5) is 11.1. The lowest BCUT2D eigenvalue weighted by molar-refractivity contribution is -0.118. The highest BCUT2D eigenvalue weighted by Crippen LogP contribution is 2.19. The van der Waals surface area contributed by atoms with Crippen LogP contribution in [0.2, 0.25) is 0 Å². The number of thioether (sulfide) groups is 1. The van der Waals surface area contributed by atoms with Gasteiger partial charge in [0.15, 0.2) is 0 Å². The van der Waals surface area contributed by atoms with E-state index in [1.54, 1.807) is 4.68 Å². The lowest BCUT2D eigenvalue weighted by atomic mass is 10.3. The van der Waals surface area contributed by atoms with Gasteiger partial charge in [-0.3, -0.25) is 10.2 Å². The molecule has 0 aliphatic rings. The summed E-state index contributed by atoms with van der Waals surface area (Å²) in [5.41, 5.74) is 2.87. The quantitative estimate of drug-likeness (QED) is 0.367. The van der Waals surface area contributed by atoms with Crippen LogP contribution in [0.4, 0.5) is 0 Å². The molecular formula is C9H9BrN6OS. The second-order valence-corrected chi connectivity index (χ2v) is 5.06. The molecule has 1 aromatic carbocycles. The average Bonchev–Trinajstić information content (AvgIpc) is 2.85. The maximum Gasteiger partial charge on any atom is 0.244 e. The number of hydrogen-bond donors (Lipinski definition) is 2. The summed E-state index contributed by atoms with van der Waals surface area (Å²) in [7, 11) is 0. The van der Waals surface area contributed by atoms with E-state index in [0.29, 0.717) is 5.16 Å². The Hall–Kier alpha value is -1.45. The summed E-state index contributed by atoms with van der Waals surface area (Å²) in [6, 6.07) is 7.51. The number of nitrogens with one attached hydrogen (secondary N) is 1. The van der Waals surface area contributed by atoms with E-state index in [0.717, 1.165) is 10.2 Å². The van der Waals surface area contributed by atoms with Crippen LogP contribution in [0.5, 0.6) is 0 Å². The number of rotatable bonds is 4. The number of aromatic nitrogens is 4. The third-order valence-corrected chi connectivity index (χ3v) is 3.45. The van der Waals surface area contributed by atoms with E-state index in [2.05, 4.69) is 36.9 Å². The molecule has 94 valence electrons. The number of halogens is 1. The molecule has 3 N–H and O–H groups in total. The van der Waals surface area contributed by atoms with Gasteiger partial charge in [0.25, 0.3) is 0 Å². The van der Waals surface area contributed by atoms with Crippen LogP contribution in [0.3, 0.4) is 0 Å². The Bertz CT molecular complexity index is 542. The Kier molecular flexibility index (Phi) is 4.28. The van der Waals surface area contributed by atoms with Crippen molar-refractivity contribution < 1.29 is 4.79 Å². The highest BCUT2D eigenvalue weighted by Gasteiger charge is 2.10. The molecule has 2 aromatic rings. The maximum absolute atomic E-state index is 11.1. The van der Waals surface area contributed by atoms with Crippen molar-refractivity contribution in [3.8, 4) is 5.69 Å². The topological polar surface area (TPSA) is 98.7 Å². The monoisotopic (exact) mass is 328 g/mol. The minimum absolute atomic E-state index is 0.160. The van der Waals surface area contributed by atoms with E-state index in [1.807, 2.05) is 24.3 Å². The van der Waals surface area contributed by atoms with Crippen LogP contribution < -0.4 is 11.3 Å². The number of nitrogens with zero attached hydrogens (tertiary/aromatic N) is 4. The number of nitrogens with two attached hydrogens (primary N) is 1. The van der Waals surface area contributed by atoms with E-state index in [4.69, 9.17) is 5.84 Å². The molecule has 1 heterocycles. The van der Waals surface area contributed by atoms with Crippen LogP contribution in [0, 0.1) is 0 Å². The predicted octanol–water partition coefficient (Wildman–Crippen LogP) is 0.507. The molecular weight excluding hydrogens is 320 g/mol. The number of carbonyl (C=O) groups is 1. The molecule has 1 amide bonds. The number of hydrazine groups is 1. The van der Waals surface area contributed by atoms with Crippen molar-refractivity contribution in [2.45, 2.75) is 5.16 Å². The molecule has 0 bridgehead atoms. The second-order valence-electron chi connectivity index (χ2n) is 3.21. The maximum atomic E-state index is 11.1. The van der Waals surface area contributed by atoms with Gasteiger partial charge in [0, 0.05) is 4.47 Å². The van der Waals surface area contributed by atoms with Crippen LogP contribution in [-0.2, 0) is 4.79 Å². The Labute approximate surface area is 115 Å². The summed E-state index contributed by atoms with van der Waals surface area (Å²) < 4.78 is 2.53. The number of hydrogen-bond acceptors (Lipinski definition) is 6. The molecule has 0 saturated carbocycles. The van der Waals surface area contributed by atoms with Gasteiger partial charge in [-0.25, -0.2) is 5.84 Å². The highest BCUT2D eigenvalue weighted by atomic mass is 79.9. The first kappa shape index (κ1) is 13.0. The van der Waals surface area contributed by atoms with Crippen molar-refractivity contribution in [3.05, 3.63) is 28.7 Å². The molecule has 0 fully saturated rings. The van der Waals surface area contributed by atoms with Crippen LogP contribution in [-0.4, -0.2) is 31.9 Å². The highest BCUT2D eigenvalue weighted by molar-refractivity contribution is 9.10. The fourth-order valence-electron chi connectivity index (χ4n) is 1.19. The fraction of sp³-hybridized carbons (Fsp3) is 0.111. The second kappa shape index (κ2) is 5.94. The minimum Gasteiger partial charge on any atom is -0.294 e. The van der Waals surface area contributed by atoms with Crippen molar-refractivity contribution in [3.63, 3.8) is 0 Å². The van der Waals surface area contributed by atoms with Crippen molar-refractivity contribution in [1.82, 2.24) is 25.6 Å². The smallest absolute Gasteiger partial charge is 0.244 e. The molecule has 0 radical (unpaired) electrons. The SMILES string of the molecule is NNC(=O)CSc1nnnn1-c1ccc(Br)cc1. The third kappa shape index (κ3) is 3.06. The van der Waals surface area contributed by atoms with Crippen LogP contribution in [0.25, 0.3) is 5.69 Å². The Morgan fingerprint density at radius 3 is 2.83 bits per heavy atom. The first-order valence-corrected chi connectivity index (χ1v) is 6.65. The molecule has 0 saturated heterocycles. The Morgan fingerprint density at radius 2 is 2.17 bits per heavy atom. The van der Waals surface area contributed by atoms with Gasteiger partial charge in [0.05, 0.1) is 11.4 Å². The van der Waals surface area contributed by atoms with Gasteiger partial charge in [-0.05, 0) is 34.7 Å². The van der Waals surface area contributed by atoms with E-state index in [-0.39, 0.29) is 11.7 Å². The molecule has 0 unspecified atom stereocenters. The van der Waals surface area contributed by atoms with Crippen molar-refractivity contribution in [1.29, 1.82) is 0 Å². The lowest BCUT2D eigenvalue weighted by Crippen LogP contribution is -2.31. The van der Waals surface area contributed by atoms with E-state index in [9.17, 15) is 4.79 Å². The first-order valence-electron chi connectivity index (χ1n) is 4.87. The molecule has 0 atom stereocenters. The van der Waals surface area contributed by atoms with Gasteiger partial charge in [0.1, 0.15) is 0 Å². The van der Waals surface area contributed by atoms with Crippen LogP contribution >= 0.6 is 27.7 Å². The van der Waals surface area contributed by atoms with Gasteiger partial charge in [-0.15, -0.1) is 5.10 Å². The van der Waals surface area contributed by atoms with Crippen molar-refractivity contribution in [2.75, 3.05) is 5.75 Å². The van der Waals surface area contributed by atoms with Gasteiger partial charge in [-0.1, -0.05) is 27.7 Å². The van der Waals surface area contributed by atoms with Gasteiger partial charge < -0.3 is 0 Å². The van der Waals surface area contributed by atoms with Crippen molar-refractivity contribution >= 4 is 33.6 Å². The lowest BCUT2D eigenvalue weighted by Gasteiger charge is -2.03. The van der Waals surface area contributed by atoms with Gasteiger partial charge in [-0.2, -0.15) is 4.68 Å². The largest absolute Gasteiger partial charge is 0.294 e. The molecule has 0 spiro atoms. The summed E-state index contributed by atoms with van der Waals surface area (Å²) in [6.45, 7) is 0. The number of benzene rings is 1. The van der Waals surface area contributed by atoms with Crippen LogP contribution in [0.15, 0.2) is 33.9 Å². The average molecular weight is 329 g/mol. The van der Waals surface area contributed by atoms with E-state index >= 15 is 0 Å². The Balaban J connectivity index is 2.17. The number of tetrazole rings is 1. The first-order chi connectivity index (χ1) is 8.70. The Morgan fingerprint density at radius 1 is 1.44 bits per heavy atom. The molecule has 1 aromatic heterocycles. The van der Waals surface area contributed by atoms with E-state index < -0.39 is 0 Å². The fourth-order valence-corrected chi connectivity index (χ4v) is 2.15. The zero-order valence-electron chi connectivity index (χ0n) is 9.08. The summed E-state index contributed by atoms with van der Waals surface area (Å²) in [6.07, 6.45) is 0. The van der Waals surface area contributed by atoms with Crippen molar-refractivity contribution in [2.24, 2.45) is 5.84 Å². The van der Waals surface area contributed by atoms with E-state index in [1.165, 1.54) is 11.8 Å². The molecule has 9 heteroatoms. The number of amides is 1. The zero-order chi connectivity index (χ0) is 13.0. The summed E-state index contributed by atoms with van der Waals surface area (Å²) >= 11 is 4.56. The summed E-state index contributed by atoms with van der Waals surface area (Å²) in [5, 5.41) is 11.9. The standard InChI is InChI=1S/C9H9BrN6OS/c10-6-1-3-7(4-2-6)16-9(13-14-15-16)18-5-8(17)12-11/h1-4H,5,11H2,(H,12,17). The zero-order valence-corrected chi connectivity index (χ0v) is 11.5.